The predicted octanol–water partition coefficient (Wildman–Crippen LogP) is 4.58. The predicted molar refractivity (Wildman–Crippen MR) is 125 cm³/mol. The Morgan fingerprint density at radius 1 is 1.00 bits per heavy atom. The lowest BCUT2D eigenvalue weighted by Gasteiger charge is -2.22. The van der Waals surface area contributed by atoms with E-state index in [9.17, 15) is 9.59 Å². The van der Waals surface area contributed by atoms with Crippen LogP contribution in [-0.2, 0) is 4.79 Å². The smallest absolute Gasteiger partial charge is 0.252 e. The third kappa shape index (κ3) is 4.78. The molecule has 3 aromatic carbocycles. The Labute approximate surface area is 183 Å². The molecule has 31 heavy (non-hydrogen) atoms. The summed E-state index contributed by atoms with van der Waals surface area (Å²) in [6.45, 7) is 5.64. The van der Waals surface area contributed by atoms with Gasteiger partial charge in [0.15, 0.2) is 0 Å². The first-order valence-corrected chi connectivity index (χ1v) is 10.9. The normalized spacial score (nSPS) is 15.4. The van der Waals surface area contributed by atoms with Crippen molar-refractivity contribution in [3.63, 3.8) is 0 Å². The summed E-state index contributed by atoms with van der Waals surface area (Å²) in [6, 6.07) is 19.7. The van der Waals surface area contributed by atoms with Gasteiger partial charge in [-0.15, -0.1) is 0 Å². The molecule has 1 heterocycles. The van der Waals surface area contributed by atoms with Crippen LogP contribution in [0, 0.1) is 12.8 Å². The molecule has 1 atom stereocenters. The molecule has 1 fully saturated rings. The van der Waals surface area contributed by atoms with Crippen molar-refractivity contribution < 1.29 is 9.59 Å². The Bertz CT molecular complexity index is 1100. The third-order valence-electron chi connectivity index (χ3n) is 6.10. The second-order valence-corrected chi connectivity index (χ2v) is 8.31. The highest BCUT2D eigenvalue weighted by Gasteiger charge is 2.22. The molecular weight excluding hydrogens is 386 g/mol. The van der Waals surface area contributed by atoms with E-state index < -0.39 is 0 Å². The molecular formula is C26H29N3O2. The molecule has 0 saturated carbocycles. The van der Waals surface area contributed by atoms with Gasteiger partial charge in [-0.05, 0) is 73.8 Å². The molecule has 5 nitrogen and oxygen atoms in total. The van der Waals surface area contributed by atoms with Gasteiger partial charge in [0.2, 0.25) is 5.91 Å². The van der Waals surface area contributed by atoms with Crippen LogP contribution in [0.25, 0.3) is 10.8 Å². The zero-order chi connectivity index (χ0) is 21.8. The Kier molecular flexibility index (Phi) is 6.33. The quantitative estimate of drug-likeness (QED) is 0.571. The Balaban J connectivity index is 1.50. The molecule has 0 spiro atoms. The standard InChI is InChI=1S/C26H29N3O2/c1-17-10-11-21(29-25(30)20-12-14-27-15-13-20)16-24(17)26(31)28-18(2)22-9-5-7-19-6-3-4-8-23(19)22/h3-11,16,18,20,27H,12-15H2,1-2H3,(H,28,31)(H,29,30)/t18-/m1/s1. The van der Waals surface area contributed by atoms with E-state index in [1.165, 1.54) is 0 Å². The van der Waals surface area contributed by atoms with Crippen molar-refractivity contribution in [2.24, 2.45) is 5.92 Å². The summed E-state index contributed by atoms with van der Waals surface area (Å²) >= 11 is 0. The molecule has 3 aromatic rings. The fraction of sp³-hybridized carbons (Fsp3) is 0.308. The minimum atomic E-state index is -0.147. The maximum atomic E-state index is 13.1. The minimum absolute atomic E-state index is 0.0196. The highest BCUT2D eigenvalue weighted by atomic mass is 16.2. The Morgan fingerprint density at radius 2 is 1.74 bits per heavy atom. The highest BCUT2D eigenvalue weighted by Crippen LogP contribution is 2.25. The maximum absolute atomic E-state index is 13.1. The van der Waals surface area contributed by atoms with Crippen LogP contribution in [-0.4, -0.2) is 24.9 Å². The van der Waals surface area contributed by atoms with Gasteiger partial charge in [0, 0.05) is 17.2 Å². The van der Waals surface area contributed by atoms with E-state index in [2.05, 4.69) is 40.2 Å². The van der Waals surface area contributed by atoms with E-state index >= 15 is 0 Å². The zero-order valence-corrected chi connectivity index (χ0v) is 18.1. The monoisotopic (exact) mass is 415 g/mol. The second-order valence-electron chi connectivity index (χ2n) is 8.31. The average molecular weight is 416 g/mol. The molecule has 160 valence electrons. The number of anilines is 1. The number of hydrogen-bond donors (Lipinski definition) is 3. The molecule has 4 rings (SSSR count). The number of fused-ring (bicyclic) bond motifs is 1. The minimum Gasteiger partial charge on any atom is -0.345 e. The maximum Gasteiger partial charge on any atom is 0.252 e. The van der Waals surface area contributed by atoms with Crippen LogP contribution >= 0.6 is 0 Å². The molecule has 0 unspecified atom stereocenters. The van der Waals surface area contributed by atoms with Gasteiger partial charge in [0.1, 0.15) is 0 Å². The van der Waals surface area contributed by atoms with Crippen molar-refractivity contribution in [3.05, 3.63) is 77.4 Å². The van der Waals surface area contributed by atoms with E-state index in [-0.39, 0.29) is 23.8 Å². The number of aryl methyl sites for hydroxylation is 1. The summed E-state index contributed by atoms with van der Waals surface area (Å²) in [5.41, 5.74) is 3.20. The molecule has 1 saturated heterocycles. The topological polar surface area (TPSA) is 70.2 Å². The number of amides is 2. The van der Waals surface area contributed by atoms with Crippen LogP contribution in [0.15, 0.2) is 60.7 Å². The molecule has 1 aliphatic heterocycles. The van der Waals surface area contributed by atoms with Crippen molar-refractivity contribution in [1.82, 2.24) is 10.6 Å². The van der Waals surface area contributed by atoms with Gasteiger partial charge >= 0.3 is 0 Å². The van der Waals surface area contributed by atoms with Gasteiger partial charge in [-0.2, -0.15) is 0 Å². The van der Waals surface area contributed by atoms with Crippen molar-refractivity contribution >= 4 is 28.3 Å². The fourth-order valence-corrected chi connectivity index (χ4v) is 4.25. The Hall–Kier alpha value is -3.18. The van der Waals surface area contributed by atoms with Crippen molar-refractivity contribution in [2.45, 2.75) is 32.7 Å². The van der Waals surface area contributed by atoms with Crippen molar-refractivity contribution in [2.75, 3.05) is 18.4 Å². The van der Waals surface area contributed by atoms with E-state index in [1.54, 1.807) is 6.07 Å². The summed E-state index contributed by atoms with van der Waals surface area (Å²) in [5.74, 6) is -0.0945. The van der Waals surface area contributed by atoms with Crippen LogP contribution in [0.1, 0.15) is 47.3 Å². The average Bonchev–Trinajstić information content (AvgIpc) is 2.80. The lowest BCUT2D eigenvalue weighted by molar-refractivity contribution is -0.120. The number of benzene rings is 3. The molecule has 2 amide bonds. The highest BCUT2D eigenvalue weighted by molar-refractivity contribution is 5.99. The summed E-state index contributed by atoms with van der Waals surface area (Å²) in [6.07, 6.45) is 1.68. The van der Waals surface area contributed by atoms with Crippen LogP contribution in [0.3, 0.4) is 0 Å². The first-order chi connectivity index (χ1) is 15.0. The number of piperidine rings is 1. The lowest BCUT2D eigenvalue weighted by Crippen LogP contribution is -2.34. The number of carbonyl (C=O) groups excluding carboxylic acids is 2. The number of rotatable bonds is 5. The SMILES string of the molecule is Cc1ccc(NC(=O)C2CCNCC2)cc1C(=O)N[C@H](C)c1cccc2ccccc12. The van der Waals surface area contributed by atoms with E-state index in [4.69, 9.17) is 0 Å². The van der Waals surface area contributed by atoms with Crippen LogP contribution in [0.5, 0.6) is 0 Å². The molecule has 1 aliphatic rings. The third-order valence-corrected chi connectivity index (χ3v) is 6.10. The zero-order valence-electron chi connectivity index (χ0n) is 18.1. The molecule has 5 heteroatoms. The summed E-state index contributed by atoms with van der Waals surface area (Å²) < 4.78 is 0. The first kappa shape index (κ1) is 21.1. The van der Waals surface area contributed by atoms with Gasteiger partial charge in [0.05, 0.1) is 6.04 Å². The van der Waals surface area contributed by atoms with E-state index in [0.717, 1.165) is 47.8 Å². The second kappa shape index (κ2) is 9.31. The summed E-state index contributed by atoms with van der Waals surface area (Å²) in [7, 11) is 0. The van der Waals surface area contributed by atoms with Gasteiger partial charge in [-0.3, -0.25) is 9.59 Å². The number of hydrogen-bond acceptors (Lipinski definition) is 3. The molecule has 0 bridgehead atoms. The number of carbonyl (C=O) groups is 2. The van der Waals surface area contributed by atoms with E-state index in [1.807, 2.05) is 44.2 Å². The Morgan fingerprint density at radius 3 is 2.55 bits per heavy atom. The fourth-order valence-electron chi connectivity index (χ4n) is 4.25. The molecule has 0 aromatic heterocycles. The molecule has 3 N–H and O–H groups in total. The molecule has 0 radical (unpaired) electrons. The molecule has 0 aliphatic carbocycles. The van der Waals surface area contributed by atoms with Gasteiger partial charge in [-0.25, -0.2) is 0 Å². The largest absolute Gasteiger partial charge is 0.345 e. The van der Waals surface area contributed by atoms with Gasteiger partial charge in [0.25, 0.3) is 5.91 Å². The van der Waals surface area contributed by atoms with Gasteiger partial charge < -0.3 is 16.0 Å². The summed E-state index contributed by atoms with van der Waals surface area (Å²) in [4.78, 5) is 25.7. The van der Waals surface area contributed by atoms with Crippen molar-refractivity contribution in [3.8, 4) is 0 Å². The number of nitrogens with one attached hydrogen (secondary N) is 3. The summed E-state index contributed by atoms with van der Waals surface area (Å²) in [5, 5.41) is 11.7. The van der Waals surface area contributed by atoms with E-state index in [0.29, 0.717) is 11.3 Å². The van der Waals surface area contributed by atoms with Gasteiger partial charge in [-0.1, -0.05) is 48.5 Å². The van der Waals surface area contributed by atoms with Crippen LogP contribution in [0.2, 0.25) is 0 Å². The lowest BCUT2D eigenvalue weighted by atomic mass is 9.97. The first-order valence-electron chi connectivity index (χ1n) is 10.9. The van der Waals surface area contributed by atoms with Crippen LogP contribution in [0.4, 0.5) is 5.69 Å². The van der Waals surface area contributed by atoms with Crippen molar-refractivity contribution in [1.29, 1.82) is 0 Å². The van der Waals surface area contributed by atoms with Crippen LogP contribution < -0.4 is 16.0 Å².